The highest BCUT2D eigenvalue weighted by Crippen LogP contribution is 2.25. The van der Waals surface area contributed by atoms with E-state index in [0.717, 1.165) is 29.2 Å². The number of aryl methyl sites for hydroxylation is 2. The molecule has 0 aliphatic carbocycles. The second-order valence-corrected chi connectivity index (χ2v) is 9.64. The van der Waals surface area contributed by atoms with E-state index in [1.54, 1.807) is 42.5 Å². The number of ether oxygens (including phenoxy) is 1. The Morgan fingerprint density at radius 2 is 1.78 bits per heavy atom. The minimum Gasteiger partial charge on any atom is -0.489 e. The van der Waals surface area contributed by atoms with Gasteiger partial charge < -0.3 is 15.2 Å². The molecule has 6 nitrogen and oxygen atoms in total. The lowest BCUT2D eigenvalue weighted by molar-refractivity contribution is -0.131. The Morgan fingerprint density at radius 1 is 1.05 bits per heavy atom. The van der Waals surface area contributed by atoms with E-state index in [0.29, 0.717) is 33.9 Å². The molecule has 0 bridgehead atoms. The normalized spacial score (nSPS) is 11.8. The molecule has 0 aliphatic heterocycles. The predicted octanol–water partition coefficient (Wildman–Crippen LogP) is 6.37. The van der Waals surface area contributed by atoms with Crippen LogP contribution in [0, 0.1) is 31.1 Å². The van der Waals surface area contributed by atoms with Gasteiger partial charge in [-0.3, -0.25) is 4.79 Å². The third kappa shape index (κ3) is 8.36. The highest BCUT2D eigenvalue weighted by Gasteiger charge is 2.19. The number of nitrogens with one attached hydrogen (secondary N) is 1. The first-order chi connectivity index (χ1) is 17.6. The quantitative estimate of drug-likeness (QED) is 0.318. The number of carbonyl (C=O) groups excluding carboxylic acids is 1. The Labute approximate surface area is 218 Å². The summed E-state index contributed by atoms with van der Waals surface area (Å²) in [5.41, 5.74) is 5.51. The molecule has 37 heavy (non-hydrogen) atoms. The zero-order valence-corrected chi connectivity index (χ0v) is 21.6. The van der Waals surface area contributed by atoms with Crippen LogP contribution in [-0.2, 0) is 11.4 Å². The summed E-state index contributed by atoms with van der Waals surface area (Å²) in [4.78, 5) is 24.5. The Hall–Kier alpha value is -4.37. The van der Waals surface area contributed by atoms with Gasteiger partial charge in [-0.15, -0.1) is 0 Å². The van der Waals surface area contributed by atoms with Crippen LogP contribution in [0.1, 0.15) is 70.0 Å². The van der Waals surface area contributed by atoms with E-state index in [1.807, 2.05) is 13.8 Å². The van der Waals surface area contributed by atoms with E-state index in [2.05, 4.69) is 43.4 Å². The maximum absolute atomic E-state index is 13.5. The summed E-state index contributed by atoms with van der Waals surface area (Å²) >= 11 is 0. The van der Waals surface area contributed by atoms with Gasteiger partial charge in [-0.1, -0.05) is 49.2 Å². The van der Waals surface area contributed by atoms with Crippen molar-refractivity contribution in [2.45, 2.75) is 46.8 Å². The number of rotatable bonds is 10. The second-order valence-electron chi connectivity index (χ2n) is 9.64. The summed E-state index contributed by atoms with van der Waals surface area (Å²) < 4.78 is 5.86. The molecule has 3 rings (SSSR count). The zero-order chi connectivity index (χ0) is 26.9. The SMILES string of the molecule is Cc1cc(C)cc(C(CC(C)C)NC(=O)c2cc(C=CC(=O)O)cc(COc3cccc(C#N)c3)c2)c1. The van der Waals surface area contributed by atoms with Crippen LogP contribution < -0.4 is 10.1 Å². The summed E-state index contributed by atoms with van der Waals surface area (Å²) in [6, 6.07) is 20.2. The van der Waals surface area contributed by atoms with Gasteiger partial charge in [-0.05, 0) is 85.4 Å². The molecule has 1 unspecified atom stereocenters. The van der Waals surface area contributed by atoms with Crippen LogP contribution in [0.15, 0.2) is 66.7 Å². The van der Waals surface area contributed by atoms with Gasteiger partial charge in [0, 0.05) is 11.6 Å². The van der Waals surface area contributed by atoms with Crippen molar-refractivity contribution in [1.29, 1.82) is 5.26 Å². The smallest absolute Gasteiger partial charge is 0.328 e. The van der Waals surface area contributed by atoms with E-state index in [4.69, 9.17) is 15.1 Å². The fourth-order valence-electron chi connectivity index (χ4n) is 4.22. The van der Waals surface area contributed by atoms with Gasteiger partial charge in [0.1, 0.15) is 12.4 Å². The van der Waals surface area contributed by atoms with E-state index in [-0.39, 0.29) is 18.6 Å². The summed E-state index contributed by atoms with van der Waals surface area (Å²) in [6.45, 7) is 8.48. The lowest BCUT2D eigenvalue weighted by atomic mass is 9.94. The van der Waals surface area contributed by atoms with Gasteiger partial charge in [-0.2, -0.15) is 5.26 Å². The van der Waals surface area contributed by atoms with Crippen molar-refractivity contribution in [2.75, 3.05) is 0 Å². The topological polar surface area (TPSA) is 99.4 Å². The molecule has 1 amide bonds. The number of nitriles is 1. The van der Waals surface area contributed by atoms with E-state index >= 15 is 0 Å². The van der Waals surface area contributed by atoms with Crippen LogP contribution in [0.5, 0.6) is 5.75 Å². The molecule has 0 spiro atoms. The molecule has 0 aromatic heterocycles. The number of carboxylic acids is 1. The van der Waals surface area contributed by atoms with Crippen molar-refractivity contribution in [1.82, 2.24) is 5.32 Å². The largest absolute Gasteiger partial charge is 0.489 e. The second kappa shape index (κ2) is 12.5. The number of hydrogen-bond acceptors (Lipinski definition) is 4. The number of aliphatic carboxylic acids is 1. The van der Waals surface area contributed by atoms with E-state index in [9.17, 15) is 9.59 Å². The van der Waals surface area contributed by atoms with Crippen molar-refractivity contribution < 1.29 is 19.4 Å². The van der Waals surface area contributed by atoms with Gasteiger partial charge in [0.25, 0.3) is 5.91 Å². The van der Waals surface area contributed by atoms with Gasteiger partial charge in [0.2, 0.25) is 0 Å². The number of carboxylic acid groups (broad SMARTS) is 1. The molecule has 0 heterocycles. The molecule has 0 fully saturated rings. The molecule has 0 radical (unpaired) electrons. The highest BCUT2D eigenvalue weighted by atomic mass is 16.5. The van der Waals surface area contributed by atoms with E-state index < -0.39 is 5.97 Å². The van der Waals surface area contributed by atoms with Crippen molar-refractivity contribution in [3.8, 4) is 11.8 Å². The summed E-state index contributed by atoms with van der Waals surface area (Å²) in [5, 5.41) is 21.4. The van der Waals surface area contributed by atoms with E-state index in [1.165, 1.54) is 6.08 Å². The highest BCUT2D eigenvalue weighted by molar-refractivity contribution is 5.95. The Kier molecular flexibility index (Phi) is 9.23. The molecule has 190 valence electrons. The molecular formula is C31H32N2O4. The molecule has 0 aliphatic rings. The average molecular weight is 497 g/mol. The Balaban J connectivity index is 1.90. The minimum atomic E-state index is -1.08. The van der Waals surface area contributed by atoms with Crippen LogP contribution in [-0.4, -0.2) is 17.0 Å². The summed E-state index contributed by atoms with van der Waals surface area (Å²) in [7, 11) is 0. The minimum absolute atomic E-state index is 0.149. The molecule has 2 N–H and O–H groups in total. The fraction of sp³-hybridized carbons (Fsp3) is 0.258. The predicted molar refractivity (Wildman–Crippen MR) is 144 cm³/mol. The third-order valence-electron chi connectivity index (χ3n) is 5.72. The number of nitrogens with zero attached hydrogens (tertiary/aromatic N) is 1. The number of carbonyl (C=O) groups is 2. The summed E-state index contributed by atoms with van der Waals surface area (Å²) in [5.74, 6) is -0.427. The number of amides is 1. The first-order valence-electron chi connectivity index (χ1n) is 12.2. The standard InChI is InChI=1S/C31H32N2O4/c1-20(2)10-29(26-12-21(3)11-22(4)13-26)33-31(36)27-15-23(8-9-30(34)35)14-25(16-27)19-37-28-7-5-6-24(17-28)18-32/h5-9,11-17,20,29H,10,19H2,1-4H3,(H,33,36)(H,34,35). The first kappa shape index (κ1) is 27.2. The summed E-state index contributed by atoms with van der Waals surface area (Å²) in [6.07, 6.45) is 3.27. The number of hydrogen-bond donors (Lipinski definition) is 2. The molecule has 0 saturated carbocycles. The lowest BCUT2D eigenvalue weighted by Crippen LogP contribution is -2.30. The van der Waals surface area contributed by atoms with Crippen LogP contribution in [0.2, 0.25) is 0 Å². The van der Waals surface area contributed by atoms with Gasteiger partial charge >= 0.3 is 5.97 Å². The van der Waals surface area contributed by atoms with Gasteiger partial charge in [0.15, 0.2) is 0 Å². The molecule has 6 heteroatoms. The Morgan fingerprint density at radius 3 is 2.43 bits per heavy atom. The first-order valence-corrected chi connectivity index (χ1v) is 12.2. The van der Waals surface area contributed by atoms with Crippen molar-refractivity contribution in [3.63, 3.8) is 0 Å². The van der Waals surface area contributed by atoms with Gasteiger partial charge in [-0.25, -0.2) is 4.79 Å². The van der Waals surface area contributed by atoms with Crippen LogP contribution in [0.4, 0.5) is 0 Å². The van der Waals surface area contributed by atoms with Crippen molar-refractivity contribution in [2.24, 2.45) is 5.92 Å². The number of benzene rings is 3. The van der Waals surface area contributed by atoms with Crippen molar-refractivity contribution >= 4 is 18.0 Å². The Bertz CT molecular complexity index is 1330. The van der Waals surface area contributed by atoms with Crippen LogP contribution in [0.25, 0.3) is 6.08 Å². The average Bonchev–Trinajstić information content (AvgIpc) is 2.85. The maximum Gasteiger partial charge on any atom is 0.328 e. The van der Waals surface area contributed by atoms with Crippen molar-refractivity contribution in [3.05, 3.63) is 106 Å². The third-order valence-corrected chi connectivity index (χ3v) is 5.72. The molecule has 0 saturated heterocycles. The monoisotopic (exact) mass is 496 g/mol. The molecule has 3 aromatic carbocycles. The van der Waals surface area contributed by atoms with Crippen LogP contribution in [0.3, 0.4) is 0 Å². The van der Waals surface area contributed by atoms with Gasteiger partial charge in [0.05, 0.1) is 17.7 Å². The molecule has 1 atom stereocenters. The van der Waals surface area contributed by atoms with Crippen LogP contribution >= 0.6 is 0 Å². The maximum atomic E-state index is 13.5. The molecule has 3 aromatic rings. The lowest BCUT2D eigenvalue weighted by Gasteiger charge is -2.22. The zero-order valence-electron chi connectivity index (χ0n) is 21.6. The molecular weight excluding hydrogens is 464 g/mol. The fourth-order valence-corrected chi connectivity index (χ4v) is 4.22.